The Morgan fingerprint density at radius 2 is 1.73 bits per heavy atom. The highest BCUT2D eigenvalue weighted by molar-refractivity contribution is 5.85. The maximum atomic E-state index is 13.2. The van der Waals surface area contributed by atoms with E-state index in [1.807, 2.05) is 0 Å². The van der Waals surface area contributed by atoms with Gasteiger partial charge in [0.15, 0.2) is 0 Å². The molecule has 8 heteroatoms. The summed E-state index contributed by atoms with van der Waals surface area (Å²) in [6.07, 6.45) is 4.05. The maximum absolute atomic E-state index is 13.2. The fraction of sp³-hybridized carbons (Fsp3) is 0.944. The summed E-state index contributed by atoms with van der Waals surface area (Å²) in [5.74, 6) is 1.05. The molecule has 1 N–H and O–H groups in total. The lowest BCUT2D eigenvalue weighted by atomic mass is 9.77. The number of methoxy groups -OCH3 is 1. The molecular weight excluding hydrogens is 377 g/mol. The van der Waals surface area contributed by atoms with Gasteiger partial charge in [-0.2, -0.15) is 0 Å². The summed E-state index contributed by atoms with van der Waals surface area (Å²) in [6, 6.07) is 0. The minimum atomic E-state index is -0.295. The first-order valence-corrected chi connectivity index (χ1v) is 9.53. The van der Waals surface area contributed by atoms with E-state index in [1.54, 1.807) is 7.11 Å². The van der Waals surface area contributed by atoms with Crippen molar-refractivity contribution in [1.29, 1.82) is 0 Å². The molecule has 0 bridgehead atoms. The SMILES string of the molecule is COCC1(C(=O)N2CCC(CN3CCOCC3)CC2)CCNCC1.Cl.Cl. The number of rotatable bonds is 5. The minimum Gasteiger partial charge on any atom is -0.384 e. The Kier molecular flexibility index (Phi) is 10.7. The molecule has 0 aromatic heterocycles. The van der Waals surface area contributed by atoms with Crippen LogP contribution < -0.4 is 5.32 Å². The Bertz CT molecular complexity index is 403. The number of hydrogen-bond donors (Lipinski definition) is 1. The van der Waals surface area contributed by atoms with Crippen LogP contribution in [0.1, 0.15) is 25.7 Å². The number of piperidine rings is 2. The molecule has 26 heavy (non-hydrogen) atoms. The molecule has 0 spiro atoms. The van der Waals surface area contributed by atoms with Crippen molar-refractivity contribution in [2.45, 2.75) is 25.7 Å². The standard InChI is InChI=1S/C18H33N3O3.2ClH/c1-23-15-18(4-6-19-7-5-18)17(22)21-8-2-16(3-9-21)14-20-10-12-24-13-11-20;;/h16,19H,2-15H2,1H3;2*1H. The first-order chi connectivity index (χ1) is 11.7. The number of carbonyl (C=O) groups excluding carboxylic acids is 1. The third-order valence-electron chi connectivity index (χ3n) is 5.96. The summed E-state index contributed by atoms with van der Waals surface area (Å²) in [7, 11) is 1.71. The van der Waals surface area contributed by atoms with E-state index in [9.17, 15) is 4.79 Å². The molecule has 3 aliphatic heterocycles. The average Bonchev–Trinajstić information content (AvgIpc) is 2.64. The van der Waals surface area contributed by atoms with Gasteiger partial charge in [-0.3, -0.25) is 9.69 Å². The van der Waals surface area contributed by atoms with Gasteiger partial charge in [-0.25, -0.2) is 0 Å². The molecule has 0 aromatic carbocycles. The molecule has 0 radical (unpaired) electrons. The summed E-state index contributed by atoms with van der Waals surface area (Å²) in [5, 5.41) is 3.37. The van der Waals surface area contributed by atoms with Crippen molar-refractivity contribution in [3.05, 3.63) is 0 Å². The largest absolute Gasteiger partial charge is 0.384 e. The second-order valence-corrected chi connectivity index (χ2v) is 7.61. The second-order valence-electron chi connectivity index (χ2n) is 7.61. The van der Waals surface area contributed by atoms with Gasteiger partial charge < -0.3 is 19.7 Å². The van der Waals surface area contributed by atoms with Crippen LogP contribution in [0.3, 0.4) is 0 Å². The van der Waals surface area contributed by atoms with Gasteiger partial charge in [0.2, 0.25) is 5.91 Å². The highest BCUT2D eigenvalue weighted by atomic mass is 35.5. The predicted octanol–water partition coefficient (Wildman–Crippen LogP) is 1.42. The number of likely N-dealkylation sites (tertiary alicyclic amines) is 1. The third-order valence-corrected chi connectivity index (χ3v) is 5.96. The van der Waals surface area contributed by atoms with Gasteiger partial charge in [-0.05, 0) is 44.7 Å². The first-order valence-electron chi connectivity index (χ1n) is 9.53. The maximum Gasteiger partial charge on any atom is 0.231 e. The van der Waals surface area contributed by atoms with Gasteiger partial charge in [0.05, 0.1) is 25.2 Å². The summed E-state index contributed by atoms with van der Waals surface area (Å²) >= 11 is 0. The molecule has 0 aromatic rings. The summed E-state index contributed by atoms with van der Waals surface area (Å²) in [5.41, 5.74) is -0.295. The Morgan fingerprint density at radius 1 is 1.12 bits per heavy atom. The number of halogens is 2. The van der Waals surface area contributed by atoms with Crippen LogP contribution >= 0.6 is 24.8 Å². The molecular formula is C18H35Cl2N3O3. The van der Waals surface area contributed by atoms with Crippen molar-refractivity contribution in [2.24, 2.45) is 11.3 Å². The monoisotopic (exact) mass is 411 g/mol. The highest BCUT2D eigenvalue weighted by Crippen LogP contribution is 2.33. The number of amides is 1. The van der Waals surface area contributed by atoms with Crippen LogP contribution in [0.25, 0.3) is 0 Å². The lowest BCUT2D eigenvalue weighted by Gasteiger charge is -2.42. The van der Waals surface area contributed by atoms with Gasteiger partial charge in [0, 0.05) is 39.8 Å². The second kappa shape index (κ2) is 11.7. The zero-order valence-corrected chi connectivity index (χ0v) is 17.5. The summed E-state index contributed by atoms with van der Waals surface area (Å²) < 4.78 is 10.9. The van der Waals surface area contributed by atoms with Crippen LogP contribution in [0.4, 0.5) is 0 Å². The molecule has 154 valence electrons. The number of hydrogen-bond acceptors (Lipinski definition) is 5. The number of carbonyl (C=O) groups is 1. The zero-order valence-electron chi connectivity index (χ0n) is 15.9. The van der Waals surface area contributed by atoms with Gasteiger partial charge in [0.25, 0.3) is 0 Å². The first kappa shape index (κ1) is 23.9. The van der Waals surface area contributed by atoms with Gasteiger partial charge in [0.1, 0.15) is 0 Å². The minimum absolute atomic E-state index is 0. The molecule has 0 atom stereocenters. The van der Waals surface area contributed by atoms with Gasteiger partial charge >= 0.3 is 0 Å². The Labute approximate surface area is 170 Å². The van der Waals surface area contributed by atoms with Crippen molar-refractivity contribution >= 4 is 30.7 Å². The molecule has 1 amide bonds. The quantitative estimate of drug-likeness (QED) is 0.740. The van der Waals surface area contributed by atoms with Gasteiger partial charge in [-0.1, -0.05) is 0 Å². The zero-order chi connectivity index (χ0) is 16.8. The van der Waals surface area contributed by atoms with E-state index in [0.717, 1.165) is 84.1 Å². The van der Waals surface area contributed by atoms with Crippen LogP contribution in [0.15, 0.2) is 0 Å². The Morgan fingerprint density at radius 3 is 2.31 bits per heavy atom. The summed E-state index contributed by atoms with van der Waals surface area (Å²) in [6.45, 7) is 9.23. The fourth-order valence-electron chi connectivity index (χ4n) is 4.40. The molecule has 3 fully saturated rings. The topological polar surface area (TPSA) is 54.0 Å². The van der Waals surface area contributed by atoms with Gasteiger partial charge in [-0.15, -0.1) is 24.8 Å². The predicted molar refractivity (Wildman–Crippen MR) is 107 cm³/mol. The van der Waals surface area contributed by atoms with Crippen LogP contribution in [-0.2, 0) is 14.3 Å². The van der Waals surface area contributed by atoms with E-state index in [-0.39, 0.29) is 30.2 Å². The Balaban J connectivity index is 0.00000169. The highest BCUT2D eigenvalue weighted by Gasteiger charge is 2.42. The van der Waals surface area contributed by atoms with E-state index in [0.29, 0.717) is 12.5 Å². The van der Waals surface area contributed by atoms with Crippen molar-refractivity contribution in [2.75, 3.05) is 72.7 Å². The molecule has 3 aliphatic rings. The molecule has 3 saturated heterocycles. The number of nitrogens with zero attached hydrogens (tertiary/aromatic N) is 2. The van der Waals surface area contributed by atoms with E-state index >= 15 is 0 Å². The van der Waals surface area contributed by atoms with Crippen molar-refractivity contribution in [1.82, 2.24) is 15.1 Å². The van der Waals surface area contributed by atoms with E-state index in [4.69, 9.17) is 9.47 Å². The van der Waals surface area contributed by atoms with Crippen LogP contribution in [0.2, 0.25) is 0 Å². The Hall–Kier alpha value is -0.110. The van der Waals surface area contributed by atoms with E-state index < -0.39 is 0 Å². The molecule has 0 unspecified atom stereocenters. The average molecular weight is 412 g/mol. The number of ether oxygens (including phenoxy) is 2. The molecule has 0 saturated carbocycles. The number of morpholine rings is 1. The van der Waals surface area contributed by atoms with Crippen LogP contribution in [0, 0.1) is 11.3 Å². The molecule has 6 nitrogen and oxygen atoms in total. The number of nitrogens with one attached hydrogen (secondary N) is 1. The molecule has 3 heterocycles. The third kappa shape index (κ3) is 5.94. The van der Waals surface area contributed by atoms with E-state index in [1.165, 1.54) is 6.54 Å². The lowest BCUT2D eigenvalue weighted by Crippen LogP contribution is -2.53. The van der Waals surface area contributed by atoms with E-state index in [2.05, 4.69) is 15.1 Å². The van der Waals surface area contributed by atoms with Crippen molar-refractivity contribution in [3.63, 3.8) is 0 Å². The molecule has 0 aliphatic carbocycles. The lowest BCUT2D eigenvalue weighted by molar-refractivity contribution is -0.149. The van der Waals surface area contributed by atoms with Crippen LogP contribution in [-0.4, -0.2) is 88.5 Å². The van der Waals surface area contributed by atoms with Crippen LogP contribution in [0.5, 0.6) is 0 Å². The fourth-order valence-corrected chi connectivity index (χ4v) is 4.40. The molecule has 3 rings (SSSR count). The normalized spacial score (nSPS) is 24.4. The summed E-state index contributed by atoms with van der Waals surface area (Å²) in [4.78, 5) is 17.8. The smallest absolute Gasteiger partial charge is 0.231 e. The van der Waals surface area contributed by atoms with Crippen molar-refractivity contribution < 1.29 is 14.3 Å². The van der Waals surface area contributed by atoms with Crippen molar-refractivity contribution in [3.8, 4) is 0 Å².